The van der Waals surface area contributed by atoms with Crippen LogP contribution in [0.5, 0.6) is 0 Å². The average molecular weight is 276 g/mol. The Morgan fingerprint density at radius 2 is 1.86 bits per heavy atom. The molecule has 3 nitrogen and oxygen atoms in total. The Bertz CT molecular complexity index is 805. The fourth-order valence-corrected chi connectivity index (χ4v) is 2.61. The Morgan fingerprint density at radius 3 is 2.57 bits per heavy atom. The van der Waals surface area contributed by atoms with Gasteiger partial charge in [-0.25, -0.2) is 0 Å². The molecule has 1 aliphatic heterocycles. The molecule has 0 saturated carbocycles. The molecule has 0 unspecified atom stereocenters. The second kappa shape index (κ2) is 5.64. The predicted octanol–water partition coefficient (Wildman–Crippen LogP) is 3.37. The van der Waals surface area contributed by atoms with Crippen LogP contribution in [0.3, 0.4) is 0 Å². The summed E-state index contributed by atoms with van der Waals surface area (Å²) in [4.78, 5) is 6.00. The maximum Gasteiger partial charge on any atom is 0.260 e. The van der Waals surface area contributed by atoms with Gasteiger partial charge in [0.15, 0.2) is 0 Å². The summed E-state index contributed by atoms with van der Waals surface area (Å²) in [7, 11) is 5.33. The standard InChI is InChI=1S/C17H17BN2O/c1-3-20(4-2)15-8-6-13-9-12-5-7-14(19-18)10-16(12)21-17(13)11-15/h5-11H,3-4H2,1-2H3. The van der Waals surface area contributed by atoms with Crippen molar-refractivity contribution in [1.29, 1.82) is 0 Å². The smallest absolute Gasteiger partial charge is 0.260 e. The highest BCUT2D eigenvalue weighted by Gasteiger charge is 2.09. The van der Waals surface area contributed by atoms with Crippen LogP contribution in [-0.4, -0.2) is 21.1 Å². The summed E-state index contributed by atoms with van der Waals surface area (Å²) in [5.74, 6) is 0.797. The minimum atomic E-state index is 0.713. The summed E-state index contributed by atoms with van der Waals surface area (Å²) in [6.07, 6.45) is 0. The van der Waals surface area contributed by atoms with Crippen molar-refractivity contribution in [2.75, 3.05) is 18.0 Å². The molecule has 21 heavy (non-hydrogen) atoms. The monoisotopic (exact) mass is 276 g/mol. The van der Waals surface area contributed by atoms with Gasteiger partial charge in [-0.3, -0.25) is 0 Å². The summed E-state index contributed by atoms with van der Waals surface area (Å²) in [6.45, 7) is 6.26. The first kappa shape index (κ1) is 13.7. The van der Waals surface area contributed by atoms with Crippen molar-refractivity contribution < 1.29 is 4.42 Å². The van der Waals surface area contributed by atoms with Crippen molar-refractivity contribution in [3.8, 4) is 11.3 Å². The first-order valence-electron chi connectivity index (χ1n) is 7.21. The molecule has 0 fully saturated rings. The van der Waals surface area contributed by atoms with Crippen LogP contribution in [0, 0.1) is 0 Å². The van der Waals surface area contributed by atoms with Crippen LogP contribution < -0.4 is 10.3 Å². The Labute approximate surface area is 125 Å². The minimum Gasteiger partial charge on any atom is -0.456 e. The van der Waals surface area contributed by atoms with E-state index in [-0.39, 0.29) is 0 Å². The van der Waals surface area contributed by atoms with E-state index >= 15 is 0 Å². The lowest BCUT2D eigenvalue weighted by Gasteiger charge is -2.21. The molecule has 0 atom stereocenters. The summed E-state index contributed by atoms with van der Waals surface area (Å²) in [5.41, 5.74) is 3.10. The molecule has 0 amide bonds. The van der Waals surface area contributed by atoms with Crippen molar-refractivity contribution in [3.05, 3.63) is 47.8 Å². The van der Waals surface area contributed by atoms with E-state index in [1.807, 2.05) is 18.2 Å². The molecule has 1 aromatic rings. The molecule has 0 spiro atoms. The van der Waals surface area contributed by atoms with Gasteiger partial charge in [-0.2, -0.15) is 0 Å². The molecule has 1 heterocycles. The van der Waals surface area contributed by atoms with E-state index in [1.54, 1.807) is 0 Å². The molecule has 1 aromatic carbocycles. The second-order valence-corrected chi connectivity index (χ2v) is 4.99. The molecule has 0 bridgehead atoms. The van der Waals surface area contributed by atoms with Gasteiger partial charge in [0.25, 0.3) is 7.98 Å². The van der Waals surface area contributed by atoms with Crippen LogP contribution in [0.4, 0.5) is 5.69 Å². The van der Waals surface area contributed by atoms with Gasteiger partial charge in [-0.05, 0) is 44.2 Å². The Hall–Kier alpha value is -2.23. The fraction of sp³-hybridized carbons (Fsp3) is 0.235. The fourth-order valence-electron chi connectivity index (χ4n) is 2.61. The molecule has 1 aliphatic carbocycles. The van der Waals surface area contributed by atoms with Crippen molar-refractivity contribution >= 4 is 24.6 Å². The van der Waals surface area contributed by atoms with E-state index in [4.69, 9.17) is 12.4 Å². The molecule has 0 N–H and O–H groups in total. The van der Waals surface area contributed by atoms with Crippen molar-refractivity contribution in [1.82, 2.24) is 0 Å². The number of rotatable bonds is 3. The Kier molecular flexibility index (Phi) is 3.69. The third-order valence-electron chi connectivity index (χ3n) is 3.80. The van der Waals surface area contributed by atoms with Crippen LogP contribution in [0.25, 0.3) is 22.3 Å². The molecular formula is C17H17BN2O. The zero-order chi connectivity index (χ0) is 14.8. The lowest BCUT2D eigenvalue weighted by atomic mass is 10.1. The predicted molar refractivity (Wildman–Crippen MR) is 87.7 cm³/mol. The third kappa shape index (κ3) is 2.53. The summed E-state index contributed by atoms with van der Waals surface area (Å²) < 4.78 is 6.03. The number of hydrogen-bond acceptors (Lipinski definition) is 3. The molecule has 2 radical (unpaired) electrons. The highest BCUT2D eigenvalue weighted by atomic mass is 16.3. The van der Waals surface area contributed by atoms with Gasteiger partial charge in [0.2, 0.25) is 0 Å². The highest BCUT2D eigenvalue weighted by Crippen LogP contribution is 2.29. The molecule has 2 aliphatic rings. The minimum absolute atomic E-state index is 0.713. The molecule has 3 rings (SSSR count). The zero-order valence-electron chi connectivity index (χ0n) is 12.3. The first-order valence-corrected chi connectivity index (χ1v) is 7.21. The molecule has 104 valence electrons. The van der Waals surface area contributed by atoms with Crippen LogP contribution in [0.2, 0.25) is 0 Å². The maximum atomic E-state index is 6.03. The highest BCUT2D eigenvalue weighted by molar-refractivity contribution is 6.05. The van der Waals surface area contributed by atoms with Crippen molar-refractivity contribution in [2.24, 2.45) is 4.90 Å². The van der Waals surface area contributed by atoms with Gasteiger partial charge in [0, 0.05) is 47.2 Å². The van der Waals surface area contributed by atoms with Gasteiger partial charge in [-0.1, -0.05) is 0 Å². The van der Waals surface area contributed by atoms with Gasteiger partial charge in [0.1, 0.15) is 11.3 Å². The zero-order valence-corrected chi connectivity index (χ0v) is 12.3. The number of hydrogen-bond donors (Lipinski definition) is 0. The van der Waals surface area contributed by atoms with E-state index in [0.717, 1.165) is 35.4 Å². The van der Waals surface area contributed by atoms with E-state index in [0.29, 0.717) is 5.36 Å². The number of benzene rings is 2. The second-order valence-electron chi connectivity index (χ2n) is 4.99. The largest absolute Gasteiger partial charge is 0.456 e. The van der Waals surface area contributed by atoms with Crippen LogP contribution in [0.1, 0.15) is 13.8 Å². The van der Waals surface area contributed by atoms with Crippen molar-refractivity contribution in [2.45, 2.75) is 13.8 Å². The van der Waals surface area contributed by atoms with E-state index in [9.17, 15) is 0 Å². The number of fused-ring (bicyclic) bond motifs is 2. The van der Waals surface area contributed by atoms with Gasteiger partial charge >= 0.3 is 0 Å². The normalized spacial score (nSPS) is 12.2. The van der Waals surface area contributed by atoms with Crippen molar-refractivity contribution in [3.63, 3.8) is 0 Å². The SMILES string of the molecule is [B]N=c1ccc2cc3ccc(N(CC)CC)cc3oc-2c1. The Balaban J connectivity index is 2.20. The lowest BCUT2D eigenvalue weighted by molar-refractivity contribution is 0.618. The average Bonchev–Trinajstić information content (AvgIpc) is 2.53. The number of nitrogens with zero attached hydrogens (tertiary/aromatic N) is 2. The Morgan fingerprint density at radius 1 is 1.05 bits per heavy atom. The van der Waals surface area contributed by atoms with Crippen LogP contribution in [-0.2, 0) is 0 Å². The van der Waals surface area contributed by atoms with Crippen LogP contribution in [0.15, 0.2) is 51.8 Å². The van der Waals surface area contributed by atoms with Gasteiger partial charge in [0.05, 0.1) is 0 Å². The van der Waals surface area contributed by atoms with E-state index in [1.165, 1.54) is 5.69 Å². The summed E-state index contributed by atoms with van der Waals surface area (Å²) in [6, 6.07) is 14.2. The molecule has 0 saturated heterocycles. The summed E-state index contributed by atoms with van der Waals surface area (Å²) in [5, 5.41) is 1.81. The van der Waals surface area contributed by atoms with Gasteiger partial charge < -0.3 is 14.2 Å². The van der Waals surface area contributed by atoms with E-state index < -0.39 is 0 Å². The topological polar surface area (TPSA) is 28.7 Å². The lowest BCUT2D eigenvalue weighted by Crippen LogP contribution is -2.21. The number of anilines is 1. The quantitative estimate of drug-likeness (QED) is 0.542. The first-order chi connectivity index (χ1) is 10.2. The molecule has 0 aromatic heterocycles. The van der Waals surface area contributed by atoms with E-state index in [2.05, 4.69) is 47.9 Å². The van der Waals surface area contributed by atoms with Gasteiger partial charge in [-0.15, -0.1) is 0 Å². The molecule has 4 heteroatoms. The molecular weight excluding hydrogens is 259 g/mol. The summed E-state index contributed by atoms with van der Waals surface area (Å²) >= 11 is 0. The van der Waals surface area contributed by atoms with Crippen LogP contribution >= 0.6 is 0 Å². The maximum absolute atomic E-state index is 6.03. The third-order valence-corrected chi connectivity index (χ3v) is 3.80.